The maximum Gasteiger partial charge on any atom is 0.352 e. The molecule has 1 aromatic carbocycles. The standard InChI is InChI=1S/C22H23N5O2S/c1-3-14-8-6-7-13(2)19(14)24-17(28)11-27-22(29)26-12-23-21-18(20(26)25-27)15-9-4-5-10-16(15)30-21/h6-8,12H,3-5,9-11H2,1-2H3,(H,24,28). The van der Waals surface area contributed by atoms with Crippen molar-refractivity contribution in [3.05, 3.63) is 56.6 Å². The van der Waals surface area contributed by atoms with Gasteiger partial charge >= 0.3 is 5.69 Å². The molecule has 0 aliphatic heterocycles. The van der Waals surface area contributed by atoms with Gasteiger partial charge in [0.25, 0.3) is 0 Å². The highest BCUT2D eigenvalue weighted by molar-refractivity contribution is 7.19. The second-order valence-corrected chi connectivity index (χ2v) is 8.86. The number of nitrogens with zero attached hydrogens (tertiary/aromatic N) is 4. The van der Waals surface area contributed by atoms with E-state index in [4.69, 9.17) is 0 Å². The van der Waals surface area contributed by atoms with Gasteiger partial charge in [-0.3, -0.25) is 4.79 Å². The van der Waals surface area contributed by atoms with Gasteiger partial charge < -0.3 is 5.32 Å². The van der Waals surface area contributed by atoms with Crippen molar-refractivity contribution in [3.63, 3.8) is 0 Å². The van der Waals surface area contributed by atoms with E-state index in [2.05, 4.69) is 22.3 Å². The summed E-state index contributed by atoms with van der Waals surface area (Å²) < 4.78 is 2.70. The Morgan fingerprint density at radius 3 is 2.93 bits per heavy atom. The van der Waals surface area contributed by atoms with E-state index in [1.54, 1.807) is 11.3 Å². The quantitative estimate of drug-likeness (QED) is 0.547. The Labute approximate surface area is 177 Å². The number of nitrogens with one attached hydrogen (secondary N) is 1. The summed E-state index contributed by atoms with van der Waals surface area (Å²) in [6.45, 7) is 3.89. The maximum absolute atomic E-state index is 12.9. The van der Waals surface area contributed by atoms with Gasteiger partial charge in [0.05, 0.1) is 5.39 Å². The van der Waals surface area contributed by atoms with Crippen LogP contribution in [0, 0.1) is 6.92 Å². The first kappa shape index (κ1) is 19.0. The van der Waals surface area contributed by atoms with Gasteiger partial charge in [0.15, 0.2) is 5.65 Å². The maximum atomic E-state index is 12.9. The molecule has 0 atom stereocenters. The molecule has 5 rings (SSSR count). The Balaban J connectivity index is 1.52. The molecule has 1 aliphatic rings. The first-order valence-electron chi connectivity index (χ1n) is 10.3. The fourth-order valence-corrected chi connectivity index (χ4v) is 5.52. The van der Waals surface area contributed by atoms with Crippen LogP contribution in [0.5, 0.6) is 0 Å². The summed E-state index contributed by atoms with van der Waals surface area (Å²) in [4.78, 5) is 32.4. The molecule has 4 aromatic rings. The van der Waals surface area contributed by atoms with Crippen LogP contribution >= 0.6 is 11.3 Å². The van der Waals surface area contributed by atoms with E-state index in [9.17, 15) is 9.59 Å². The lowest BCUT2D eigenvalue weighted by Gasteiger charge is -2.12. The first-order valence-corrected chi connectivity index (χ1v) is 11.1. The number of rotatable bonds is 4. The van der Waals surface area contributed by atoms with Gasteiger partial charge in [-0.15, -0.1) is 16.4 Å². The summed E-state index contributed by atoms with van der Waals surface area (Å²) >= 11 is 1.70. The Kier molecular flexibility index (Phi) is 4.66. The first-order chi connectivity index (χ1) is 14.6. The summed E-state index contributed by atoms with van der Waals surface area (Å²) in [6.07, 6.45) is 6.73. The van der Waals surface area contributed by atoms with Crippen LogP contribution in [0.2, 0.25) is 0 Å². The number of carbonyl (C=O) groups excluding carboxylic acids is 1. The van der Waals surface area contributed by atoms with Crippen molar-refractivity contribution in [2.75, 3.05) is 5.32 Å². The average Bonchev–Trinajstić information content (AvgIpc) is 3.27. The van der Waals surface area contributed by atoms with E-state index < -0.39 is 0 Å². The number of hydrogen-bond donors (Lipinski definition) is 1. The number of hydrogen-bond acceptors (Lipinski definition) is 5. The number of fused-ring (bicyclic) bond motifs is 5. The van der Waals surface area contributed by atoms with Crippen LogP contribution in [-0.4, -0.2) is 25.1 Å². The number of carbonyl (C=O) groups is 1. The molecule has 7 nitrogen and oxygen atoms in total. The van der Waals surface area contributed by atoms with Crippen LogP contribution < -0.4 is 11.0 Å². The zero-order valence-electron chi connectivity index (χ0n) is 17.1. The topological polar surface area (TPSA) is 81.3 Å². The molecule has 0 spiro atoms. The van der Waals surface area contributed by atoms with Crippen molar-refractivity contribution in [1.82, 2.24) is 19.2 Å². The molecule has 3 aromatic heterocycles. The van der Waals surface area contributed by atoms with E-state index in [0.29, 0.717) is 5.65 Å². The van der Waals surface area contributed by atoms with Crippen LogP contribution in [0.15, 0.2) is 29.3 Å². The fourth-order valence-electron chi connectivity index (χ4n) is 4.30. The largest absolute Gasteiger partial charge is 0.352 e. The Bertz CT molecular complexity index is 1350. The second-order valence-electron chi connectivity index (χ2n) is 7.78. The number of aromatic nitrogens is 4. The minimum absolute atomic E-state index is 0.133. The van der Waals surface area contributed by atoms with Crippen LogP contribution in [0.25, 0.3) is 15.9 Å². The van der Waals surface area contributed by atoms with Gasteiger partial charge in [-0.1, -0.05) is 25.1 Å². The van der Waals surface area contributed by atoms with E-state index in [1.165, 1.54) is 32.3 Å². The number of anilines is 1. The van der Waals surface area contributed by atoms with Gasteiger partial charge in [-0.25, -0.2) is 18.9 Å². The smallest absolute Gasteiger partial charge is 0.324 e. The molecule has 0 saturated heterocycles. The van der Waals surface area contributed by atoms with Gasteiger partial charge in [-0.2, -0.15) is 0 Å². The van der Waals surface area contributed by atoms with Gasteiger partial charge in [0.2, 0.25) is 5.91 Å². The predicted octanol–water partition coefficient (Wildman–Crippen LogP) is 3.49. The third-order valence-corrected chi connectivity index (χ3v) is 7.03. The lowest BCUT2D eigenvalue weighted by atomic mass is 9.97. The predicted molar refractivity (Wildman–Crippen MR) is 118 cm³/mol. The Morgan fingerprint density at radius 1 is 1.27 bits per heavy atom. The normalized spacial score (nSPS) is 13.7. The molecule has 30 heavy (non-hydrogen) atoms. The van der Waals surface area contributed by atoms with Crippen LogP contribution in [0.4, 0.5) is 5.69 Å². The summed E-state index contributed by atoms with van der Waals surface area (Å²) in [7, 11) is 0. The molecule has 3 heterocycles. The minimum Gasteiger partial charge on any atom is -0.324 e. The van der Waals surface area contributed by atoms with Gasteiger partial charge in [0, 0.05) is 10.6 Å². The van der Waals surface area contributed by atoms with Crippen LogP contribution in [0.3, 0.4) is 0 Å². The van der Waals surface area contributed by atoms with Crippen molar-refractivity contribution in [2.24, 2.45) is 0 Å². The lowest BCUT2D eigenvalue weighted by molar-refractivity contribution is -0.117. The third-order valence-electron chi connectivity index (χ3n) is 5.84. The number of amides is 1. The zero-order valence-corrected chi connectivity index (χ0v) is 17.9. The number of para-hydroxylation sites is 1. The lowest BCUT2D eigenvalue weighted by Crippen LogP contribution is -2.28. The molecular weight excluding hydrogens is 398 g/mol. The molecule has 0 saturated carbocycles. The Hall–Kier alpha value is -3.00. The molecule has 0 unspecified atom stereocenters. The zero-order chi connectivity index (χ0) is 20.8. The summed E-state index contributed by atoms with van der Waals surface area (Å²) in [5, 5.41) is 8.48. The molecule has 0 radical (unpaired) electrons. The Morgan fingerprint density at radius 2 is 2.10 bits per heavy atom. The molecule has 0 fully saturated rings. The van der Waals surface area contributed by atoms with Crippen molar-refractivity contribution in [3.8, 4) is 0 Å². The molecular formula is C22H23N5O2S. The van der Waals surface area contributed by atoms with Crippen molar-refractivity contribution in [1.29, 1.82) is 0 Å². The average molecular weight is 422 g/mol. The van der Waals surface area contributed by atoms with E-state index in [1.807, 2.05) is 25.1 Å². The molecule has 0 bridgehead atoms. The van der Waals surface area contributed by atoms with Crippen molar-refractivity contribution < 1.29 is 4.79 Å². The number of thiophene rings is 1. The van der Waals surface area contributed by atoms with E-state index >= 15 is 0 Å². The number of benzene rings is 1. The molecule has 8 heteroatoms. The summed E-state index contributed by atoms with van der Waals surface area (Å²) in [6, 6.07) is 5.95. The second kappa shape index (κ2) is 7.36. The highest BCUT2D eigenvalue weighted by Crippen LogP contribution is 2.36. The summed E-state index contributed by atoms with van der Waals surface area (Å²) in [5.41, 5.74) is 4.42. The van der Waals surface area contributed by atoms with E-state index in [0.717, 1.165) is 52.7 Å². The monoisotopic (exact) mass is 421 g/mol. The van der Waals surface area contributed by atoms with Crippen molar-refractivity contribution >= 4 is 38.8 Å². The third kappa shape index (κ3) is 3.02. The SMILES string of the molecule is CCc1cccc(C)c1NC(=O)Cn1nc2c3c4c(sc3ncn2c1=O)CCCC4. The molecule has 1 aliphatic carbocycles. The highest BCUT2D eigenvalue weighted by Gasteiger charge is 2.22. The van der Waals surface area contributed by atoms with Gasteiger partial charge in [-0.05, 0) is 55.7 Å². The van der Waals surface area contributed by atoms with Crippen LogP contribution in [-0.2, 0) is 30.6 Å². The molecule has 1 amide bonds. The van der Waals surface area contributed by atoms with Gasteiger partial charge in [0.1, 0.15) is 17.7 Å². The molecule has 154 valence electrons. The molecule has 1 N–H and O–H groups in total. The number of aryl methyl sites for hydroxylation is 4. The van der Waals surface area contributed by atoms with Crippen molar-refractivity contribution in [2.45, 2.75) is 52.5 Å². The van der Waals surface area contributed by atoms with Crippen LogP contribution in [0.1, 0.15) is 41.3 Å². The van der Waals surface area contributed by atoms with E-state index in [-0.39, 0.29) is 18.1 Å². The summed E-state index contributed by atoms with van der Waals surface area (Å²) in [5.74, 6) is -0.263. The minimum atomic E-state index is -0.342. The fraction of sp³-hybridized carbons (Fsp3) is 0.364. The highest BCUT2D eigenvalue weighted by atomic mass is 32.1.